The molecular weight excluding hydrogens is 510 g/mol. The zero-order valence-electron chi connectivity index (χ0n) is 17.8. The highest BCUT2D eigenvalue weighted by molar-refractivity contribution is 14.0. The fourth-order valence-corrected chi connectivity index (χ4v) is 3.05. The minimum atomic E-state index is -4.68. The summed E-state index contributed by atoms with van der Waals surface area (Å²) in [5.41, 5.74) is 3.11. The van der Waals surface area contributed by atoms with E-state index in [-0.39, 0.29) is 29.7 Å². The van der Waals surface area contributed by atoms with E-state index in [9.17, 15) is 13.2 Å². The molecule has 0 saturated heterocycles. The fourth-order valence-electron chi connectivity index (χ4n) is 3.05. The number of nitrogens with one attached hydrogen (secondary N) is 1. The van der Waals surface area contributed by atoms with Gasteiger partial charge in [0.2, 0.25) is 0 Å². The number of aliphatic imine (C=N–C) groups is 1. The van der Waals surface area contributed by atoms with Crippen molar-refractivity contribution in [1.82, 2.24) is 20.0 Å². The van der Waals surface area contributed by atoms with Gasteiger partial charge in [0.15, 0.2) is 5.96 Å². The lowest BCUT2D eigenvalue weighted by Gasteiger charge is -2.22. The molecule has 0 atom stereocenters. The molecule has 0 aliphatic rings. The second-order valence-corrected chi connectivity index (χ2v) is 7.14. The van der Waals surface area contributed by atoms with Crippen molar-refractivity contribution < 1.29 is 17.9 Å². The molecule has 0 unspecified atom stereocenters. The number of rotatable bonds is 7. The Morgan fingerprint density at radius 2 is 1.90 bits per heavy atom. The van der Waals surface area contributed by atoms with Gasteiger partial charge in [0.25, 0.3) is 0 Å². The highest BCUT2D eigenvalue weighted by Gasteiger charge is 2.30. The average Bonchev–Trinajstić information content (AvgIpc) is 2.99. The second-order valence-electron chi connectivity index (χ2n) is 7.14. The molecule has 0 aliphatic heterocycles. The Morgan fingerprint density at radius 1 is 1.27 bits per heavy atom. The fraction of sp³-hybridized carbons (Fsp3) is 0.500. The molecule has 0 spiro atoms. The molecule has 2 rings (SSSR count). The minimum absolute atomic E-state index is 0. The number of guanidine groups is 1. The van der Waals surface area contributed by atoms with E-state index < -0.39 is 6.36 Å². The third-order valence-electron chi connectivity index (χ3n) is 4.32. The van der Waals surface area contributed by atoms with Crippen molar-refractivity contribution in [3.05, 3.63) is 47.3 Å². The van der Waals surface area contributed by atoms with Crippen LogP contribution >= 0.6 is 24.0 Å². The molecule has 30 heavy (non-hydrogen) atoms. The molecular formula is C20H29F3IN5O. The molecule has 2 aromatic rings. The van der Waals surface area contributed by atoms with E-state index in [1.54, 1.807) is 19.2 Å². The van der Waals surface area contributed by atoms with Gasteiger partial charge in [-0.2, -0.15) is 5.10 Å². The van der Waals surface area contributed by atoms with Crippen LogP contribution < -0.4 is 10.1 Å². The maximum absolute atomic E-state index is 12.2. The van der Waals surface area contributed by atoms with Gasteiger partial charge in [-0.25, -0.2) is 0 Å². The van der Waals surface area contributed by atoms with Gasteiger partial charge in [-0.3, -0.25) is 9.67 Å². The Morgan fingerprint density at radius 3 is 2.43 bits per heavy atom. The van der Waals surface area contributed by atoms with Crippen molar-refractivity contribution in [2.75, 3.05) is 20.6 Å². The van der Waals surface area contributed by atoms with E-state index in [1.807, 2.05) is 29.9 Å². The van der Waals surface area contributed by atoms with Crippen LogP contribution in [-0.4, -0.2) is 47.6 Å². The van der Waals surface area contributed by atoms with Crippen molar-refractivity contribution in [1.29, 1.82) is 0 Å². The van der Waals surface area contributed by atoms with Gasteiger partial charge in [0.1, 0.15) is 5.75 Å². The second kappa shape index (κ2) is 11.4. The molecule has 10 heteroatoms. The van der Waals surface area contributed by atoms with Gasteiger partial charge in [-0.15, -0.1) is 37.1 Å². The van der Waals surface area contributed by atoms with Crippen LogP contribution in [0, 0.1) is 0 Å². The monoisotopic (exact) mass is 539 g/mol. The van der Waals surface area contributed by atoms with E-state index in [0.29, 0.717) is 25.4 Å². The minimum Gasteiger partial charge on any atom is -0.406 e. The van der Waals surface area contributed by atoms with Crippen LogP contribution in [0.3, 0.4) is 0 Å². The number of benzene rings is 1. The Kier molecular flexibility index (Phi) is 9.92. The third kappa shape index (κ3) is 8.04. The SMILES string of the molecule is CN=C(NCCc1ccc(OC(F)(F)F)cc1)N(C)Cc1cn(C)nc1C(C)C.I. The van der Waals surface area contributed by atoms with E-state index in [2.05, 4.69) is 34.0 Å². The molecule has 1 aromatic carbocycles. The summed E-state index contributed by atoms with van der Waals surface area (Å²) in [6.45, 7) is 5.50. The molecule has 0 fully saturated rings. The average molecular weight is 539 g/mol. The molecule has 0 aliphatic carbocycles. The van der Waals surface area contributed by atoms with Crippen LogP contribution in [0.2, 0.25) is 0 Å². The predicted octanol–water partition coefficient (Wildman–Crippen LogP) is 4.31. The molecule has 1 N–H and O–H groups in total. The molecule has 1 heterocycles. The van der Waals surface area contributed by atoms with E-state index in [4.69, 9.17) is 0 Å². The standard InChI is InChI=1S/C20H28F3N5O.HI/c1-14(2)18-16(13-28(5)26-18)12-27(4)19(24-3)25-11-10-15-6-8-17(9-7-15)29-20(21,22)23;/h6-9,13-14H,10-12H2,1-5H3,(H,24,25);1H. The highest BCUT2D eigenvalue weighted by Crippen LogP contribution is 2.23. The summed E-state index contributed by atoms with van der Waals surface area (Å²) >= 11 is 0. The first-order valence-corrected chi connectivity index (χ1v) is 9.38. The Bertz CT molecular complexity index is 819. The number of aromatic nitrogens is 2. The normalized spacial score (nSPS) is 12.0. The van der Waals surface area contributed by atoms with Crippen LogP contribution in [0.4, 0.5) is 13.2 Å². The first-order valence-electron chi connectivity index (χ1n) is 9.38. The van der Waals surface area contributed by atoms with E-state index in [0.717, 1.165) is 22.8 Å². The third-order valence-corrected chi connectivity index (χ3v) is 4.32. The summed E-state index contributed by atoms with van der Waals surface area (Å²) in [7, 11) is 5.58. The van der Waals surface area contributed by atoms with Crippen molar-refractivity contribution >= 4 is 29.9 Å². The summed E-state index contributed by atoms with van der Waals surface area (Å²) in [6, 6.07) is 5.89. The lowest BCUT2D eigenvalue weighted by atomic mass is 10.1. The quantitative estimate of drug-likeness (QED) is 0.324. The first kappa shape index (κ1) is 26.1. The number of nitrogens with zero attached hydrogens (tertiary/aromatic N) is 4. The smallest absolute Gasteiger partial charge is 0.406 e. The maximum atomic E-state index is 12.2. The summed E-state index contributed by atoms with van der Waals surface area (Å²) in [5.74, 6) is 0.849. The summed E-state index contributed by atoms with van der Waals surface area (Å²) in [6.07, 6.45) is -2.02. The first-order chi connectivity index (χ1) is 13.6. The van der Waals surface area contributed by atoms with Crippen molar-refractivity contribution in [2.24, 2.45) is 12.0 Å². The summed E-state index contributed by atoms with van der Waals surface area (Å²) < 4.78 is 42.4. The predicted molar refractivity (Wildman–Crippen MR) is 122 cm³/mol. The maximum Gasteiger partial charge on any atom is 0.573 e. The largest absolute Gasteiger partial charge is 0.573 e. The topological polar surface area (TPSA) is 54.7 Å². The Hall–Kier alpha value is -1.98. The van der Waals surface area contributed by atoms with Crippen molar-refractivity contribution in [2.45, 2.75) is 39.1 Å². The van der Waals surface area contributed by atoms with Crippen LogP contribution in [0.15, 0.2) is 35.5 Å². The molecule has 0 bridgehead atoms. The van der Waals surface area contributed by atoms with Crippen molar-refractivity contribution in [3.8, 4) is 5.75 Å². The summed E-state index contributed by atoms with van der Waals surface area (Å²) in [4.78, 5) is 6.33. The lowest BCUT2D eigenvalue weighted by molar-refractivity contribution is -0.274. The summed E-state index contributed by atoms with van der Waals surface area (Å²) in [5, 5.41) is 7.81. The van der Waals surface area contributed by atoms with Gasteiger partial charge in [-0.05, 0) is 30.0 Å². The van der Waals surface area contributed by atoms with Crippen LogP contribution in [0.25, 0.3) is 0 Å². The van der Waals surface area contributed by atoms with Crippen LogP contribution in [-0.2, 0) is 20.0 Å². The van der Waals surface area contributed by atoms with Gasteiger partial charge in [0.05, 0.1) is 5.69 Å². The van der Waals surface area contributed by atoms with Crippen LogP contribution in [0.5, 0.6) is 5.75 Å². The van der Waals surface area contributed by atoms with Crippen LogP contribution in [0.1, 0.15) is 36.6 Å². The lowest BCUT2D eigenvalue weighted by Crippen LogP contribution is -2.39. The molecule has 168 valence electrons. The van der Waals surface area contributed by atoms with E-state index >= 15 is 0 Å². The number of alkyl halides is 3. The number of ether oxygens (including phenoxy) is 1. The van der Waals surface area contributed by atoms with Crippen molar-refractivity contribution in [3.63, 3.8) is 0 Å². The molecule has 0 amide bonds. The number of halogens is 4. The molecule has 6 nitrogen and oxygen atoms in total. The van der Waals surface area contributed by atoms with Gasteiger partial charge in [-0.1, -0.05) is 26.0 Å². The molecule has 0 saturated carbocycles. The Labute approximate surface area is 192 Å². The zero-order valence-corrected chi connectivity index (χ0v) is 20.2. The van der Waals surface area contributed by atoms with Gasteiger partial charge in [0, 0.05) is 46.0 Å². The number of hydrogen-bond donors (Lipinski definition) is 1. The highest BCUT2D eigenvalue weighted by atomic mass is 127. The van der Waals surface area contributed by atoms with Gasteiger partial charge >= 0.3 is 6.36 Å². The zero-order chi connectivity index (χ0) is 21.6. The van der Waals surface area contributed by atoms with Gasteiger partial charge < -0.3 is 15.0 Å². The Balaban J connectivity index is 0.00000450. The number of hydrogen-bond acceptors (Lipinski definition) is 3. The molecule has 1 aromatic heterocycles. The molecule has 0 radical (unpaired) electrons. The van der Waals surface area contributed by atoms with E-state index in [1.165, 1.54) is 12.1 Å². The number of aryl methyl sites for hydroxylation is 1.